The number of carboxylic acid groups (broad SMARTS) is 1. The van der Waals surface area contributed by atoms with E-state index in [1.54, 1.807) is 12.1 Å². The zero-order chi connectivity index (χ0) is 23.4. The summed E-state index contributed by atoms with van der Waals surface area (Å²) in [6.45, 7) is 5.13. The minimum absolute atomic E-state index is 0.191. The molecule has 1 saturated heterocycles. The topological polar surface area (TPSA) is 103 Å². The van der Waals surface area contributed by atoms with Crippen LogP contribution in [0.1, 0.15) is 31.9 Å². The molecule has 1 amide bonds. The normalized spacial score (nSPS) is 16.4. The summed E-state index contributed by atoms with van der Waals surface area (Å²) < 4.78 is 47.6. The second-order valence-corrected chi connectivity index (χ2v) is 7.73. The first-order valence-electron chi connectivity index (χ1n) is 9.53. The van der Waals surface area contributed by atoms with E-state index in [1.807, 2.05) is 11.0 Å². The highest BCUT2D eigenvalue weighted by molar-refractivity contribution is 5.76. The van der Waals surface area contributed by atoms with Gasteiger partial charge in [0.05, 0.1) is 11.6 Å². The van der Waals surface area contributed by atoms with Crippen molar-refractivity contribution in [1.29, 1.82) is 5.26 Å². The molecule has 1 N–H and O–H groups in total. The molecule has 11 heteroatoms. The molecule has 170 valence electrons. The second-order valence-electron chi connectivity index (χ2n) is 7.73. The maximum Gasteiger partial charge on any atom is 0.425 e. The van der Waals surface area contributed by atoms with E-state index in [2.05, 4.69) is 4.74 Å². The van der Waals surface area contributed by atoms with Gasteiger partial charge in [-0.2, -0.15) is 18.4 Å². The number of carbonyl (C=O) groups is 2. The summed E-state index contributed by atoms with van der Waals surface area (Å²) in [5.74, 6) is -0.913. The van der Waals surface area contributed by atoms with Crippen molar-refractivity contribution in [2.75, 3.05) is 26.2 Å². The van der Waals surface area contributed by atoms with Crippen LogP contribution in [0.3, 0.4) is 0 Å². The van der Waals surface area contributed by atoms with Crippen molar-refractivity contribution in [1.82, 2.24) is 9.80 Å². The zero-order valence-electron chi connectivity index (χ0n) is 17.4. The molecule has 2 rings (SSSR count). The van der Waals surface area contributed by atoms with Gasteiger partial charge in [-0.25, -0.2) is 9.59 Å². The van der Waals surface area contributed by atoms with E-state index >= 15 is 0 Å². The van der Waals surface area contributed by atoms with Crippen LogP contribution in [0.15, 0.2) is 18.2 Å². The molecular formula is C20H24F3N3O5. The minimum Gasteiger partial charge on any atom is -0.478 e. The van der Waals surface area contributed by atoms with Crippen LogP contribution in [-0.2, 0) is 16.1 Å². The van der Waals surface area contributed by atoms with Crippen molar-refractivity contribution in [2.24, 2.45) is 0 Å². The molecular weight excluding hydrogens is 419 g/mol. The molecule has 1 heterocycles. The van der Waals surface area contributed by atoms with Gasteiger partial charge in [-0.15, -0.1) is 0 Å². The van der Waals surface area contributed by atoms with E-state index in [0.717, 1.165) is 6.92 Å². The summed E-state index contributed by atoms with van der Waals surface area (Å²) in [5, 5.41) is 18.5. The standard InChI is InChI=1S/C20H24F3N3O5/c1-13(20(21,22)23)30-18(29)26-6-4-25(5-7-26)12-15-8-14(11-24)9-16(10-15)31-19(2,3)17(27)28/h8-10,13H,4-7,12H2,1-3H3,(H,27,28). The van der Waals surface area contributed by atoms with Crippen LogP contribution in [0.25, 0.3) is 0 Å². The van der Waals surface area contributed by atoms with Crippen LogP contribution in [0, 0.1) is 11.3 Å². The number of amides is 1. The highest BCUT2D eigenvalue weighted by Crippen LogP contribution is 2.25. The van der Waals surface area contributed by atoms with Gasteiger partial charge < -0.3 is 19.5 Å². The zero-order valence-corrected chi connectivity index (χ0v) is 17.4. The monoisotopic (exact) mass is 443 g/mol. The van der Waals surface area contributed by atoms with Crippen LogP contribution in [-0.4, -0.2) is 71.0 Å². The molecule has 0 aliphatic carbocycles. The van der Waals surface area contributed by atoms with Gasteiger partial charge >= 0.3 is 18.2 Å². The fourth-order valence-corrected chi connectivity index (χ4v) is 2.85. The fourth-order valence-electron chi connectivity index (χ4n) is 2.85. The van der Waals surface area contributed by atoms with Gasteiger partial charge in [0.25, 0.3) is 0 Å². The fraction of sp³-hybridized carbons (Fsp3) is 0.550. The smallest absolute Gasteiger partial charge is 0.425 e. The number of nitriles is 1. The second kappa shape index (κ2) is 9.43. The largest absolute Gasteiger partial charge is 0.478 e. The predicted octanol–water partition coefficient (Wildman–Crippen LogP) is 3.01. The summed E-state index contributed by atoms with van der Waals surface area (Å²) in [4.78, 5) is 26.4. The number of aliphatic carboxylic acids is 1. The van der Waals surface area contributed by atoms with Gasteiger partial charge in [-0.05, 0) is 44.5 Å². The SMILES string of the molecule is CC(OC(=O)N1CCN(Cc2cc(C#N)cc(OC(C)(C)C(=O)O)c2)CC1)C(F)(F)F. The van der Waals surface area contributed by atoms with Gasteiger partial charge in [0.1, 0.15) is 5.75 Å². The van der Waals surface area contributed by atoms with Crippen molar-refractivity contribution in [2.45, 2.75) is 45.2 Å². The quantitative estimate of drug-likeness (QED) is 0.721. The van der Waals surface area contributed by atoms with Crippen molar-refractivity contribution in [3.05, 3.63) is 29.3 Å². The van der Waals surface area contributed by atoms with E-state index < -0.39 is 29.9 Å². The average Bonchev–Trinajstić information content (AvgIpc) is 2.67. The summed E-state index contributed by atoms with van der Waals surface area (Å²) >= 11 is 0. The predicted molar refractivity (Wildman–Crippen MR) is 102 cm³/mol. The molecule has 31 heavy (non-hydrogen) atoms. The Bertz CT molecular complexity index is 859. The van der Waals surface area contributed by atoms with E-state index in [9.17, 15) is 33.1 Å². The molecule has 0 saturated carbocycles. The Morgan fingerprint density at radius 3 is 2.32 bits per heavy atom. The first-order valence-corrected chi connectivity index (χ1v) is 9.53. The Balaban J connectivity index is 1.99. The number of ether oxygens (including phenoxy) is 2. The third kappa shape index (κ3) is 6.75. The number of benzene rings is 1. The van der Waals surface area contributed by atoms with Gasteiger partial charge in [-0.3, -0.25) is 4.90 Å². The minimum atomic E-state index is -4.61. The van der Waals surface area contributed by atoms with Crippen molar-refractivity contribution in [3.8, 4) is 11.8 Å². The first kappa shape index (κ1) is 24.3. The number of hydrogen-bond donors (Lipinski definition) is 1. The van der Waals surface area contributed by atoms with Crippen LogP contribution in [0.5, 0.6) is 5.75 Å². The Labute approximate surface area is 177 Å². The van der Waals surface area contributed by atoms with Crippen LogP contribution >= 0.6 is 0 Å². The Hall–Kier alpha value is -3.00. The van der Waals surface area contributed by atoms with E-state index in [-0.39, 0.29) is 18.8 Å². The van der Waals surface area contributed by atoms with Crippen molar-refractivity contribution >= 4 is 12.1 Å². The summed E-state index contributed by atoms with van der Waals surface area (Å²) in [6.07, 6.45) is -7.80. The molecule has 1 unspecified atom stereocenters. The molecule has 0 bridgehead atoms. The number of carbonyl (C=O) groups excluding carboxylic acids is 1. The molecule has 1 aliphatic rings. The lowest BCUT2D eigenvalue weighted by molar-refractivity contribution is -0.200. The number of alkyl halides is 3. The van der Waals surface area contributed by atoms with Gasteiger partial charge in [0, 0.05) is 32.7 Å². The molecule has 1 aromatic carbocycles. The van der Waals surface area contributed by atoms with E-state index in [0.29, 0.717) is 30.8 Å². The van der Waals surface area contributed by atoms with Crippen LogP contribution in [0.4, 0.5) is 18.0 Å². The highest BCUT2D eigenvalue weighted by atomic mass is 19.4. The summed E-state index contributed by atoms with van der Waals surface area (Å²) in [6, 6.07) is 6.73. The molecule has 0 spiro atoms. The summed E-state index contributed by atoms with van der Waals surface area (Å²) in [5.41, 5.74) is -0.473. The van der Waals surface area contributed by atoms with Crippen molar-refractivity contribution in [3.63, 3.8) is 0 Å². The van der Waals surface area contributed by atoms with Gasteiger partial charge in [0.2, 0.25) is 0 Å². The number of nitrogens with zero attached hydrogens (tertiary/aromatic N) is 3. The van der Waals surface area contributed by atoms with Gasteiger partial charge in [0.15, 0.2) is 11.7 Å². The lowest BCUT2D eigenvalue weighted by Gasteiger charge is -2.34. The molecule has 1 aromatic rings. The molecule has 0 radical (unpaired) electrons. The number of rotatable bonds is 6. The summed E-state index contributed by atoms with van der Waals surface area (Å²) in [7, 11) is 0. The number of hydrogen-bond acceptors (Lipinski definition) is 6. The van der Waals surface area contributed by atoms with E-state index in [1.165, 1.54) is 24.8 Å². The highest BCUT2D eigenvalue weighted by Gasteiger charge is 2.40. The molecule has 8 nitrogen and oxygen atoms in total. The number of piperazine rings is 1. The average molecular weight is 443 g/mol. The Morgan fingerprint density at radius 1 is 1.19 bits per heavy atom. The Morgan fingerprint density at radius 2 is 1.81 bits per heavy atom. The third-order valence-electron chi connectivity index (χ3n) is 4.76. The first-order chi connectivity index (χ1) is 14.3. The lowest BCUT2D eigenvalue weighted by Crippen LogP contribution is -2.49. The van der Waals surface area contributed by atoms with E-state index in [4.69, 9.17) is 4.74 Å². The molecule has 1 fully saturated rings. The molecule has 0 aromatic heterocycles. The van der Waals surface area contributed by atoms with Crippen LogP contribution in [0.2, 0.25) is 0 Å². The number of halogens is 3. The van der Waals surface area contributed by atoms with Gasteiger partial charge in [-0.1, -0.05) is 0 Å². The van der Waals surface area contributed by atoms with Crippen LogP contribution < -0.4 is 4.74 Å². The third-order valence-corrected chi connectivity index (χ3v) is 4.76. The lowest BCUT2D eigenvalue weighted by atomic mass is 10.1. The molecule has 1 atom stereocenters. The molecule has 1 aliphatic heterocycles. The number of carboxylic acids is 1. The van der Waals surface area contributed by atoms with Crippen molar-refractivity contribution < 1.29 is 37.3 Å². The maximum absolute atomic E-state index is 12.6. The maximum atomic E-state index is 12.6. The Kier molecular flexibility index (Phi) is 7.38.